The zero-order chi connectivity index (χ0) is 22.9. The minimum atomic E-state index is -0.465. The first-order chi connectivity index (χ1) is 16.0. The molecule has 3 atom stereocenters. The SMILES string of the molecule is N#Cc1cccc2c1CC(CNCCC1CN(c3ccc4c(n3)NC(=O)CO4)C(=O)O1)C2N. The Hall–Kier alpha value is -3.68. The molecule has 2 amide bonds. The highest BCUT2D eigenvalue weighted by atomic mass is 16.6. The van der Waals surface area contributed by atoms with Gasteiger partial charge in [-0.25, -0.2) is 9.78 Å². The molecule has 10 nitrogen and oxygen atoms in total. The molecule has 33 heavy (non-hydrogen) atoms. The molecule has 1 saturated heterocycles. The zero-order valence-corrected chi connectivity index (χ0v) is 17.9. The van der Waals surface area contributed by atoms with Gasteiger partial charge in [-0.15, -0.1) is 0 Å². The van der Waals surface area contributed by atoms with E-state index in [0.29, 0.717) is 42.5 Å². The molecule has 1 aromatic carbocycles. The Labute approximate surface area is 190 Å². The zero-order valence-electron chi connectivity index (χ0n) is 17.9. The minimum Gasteiger partial charge on any atom is -0.480 e. The van der Waals surface area contributed by atoms with E-state index in [1.54, 1.807) is 12.1 Å². The van der Waals surface area contributed by atoms with Crippen LogP contribution in [-0.2, 0) is 16.0 Å². The molecule has 10 heteroatoms. The number of ether oxygens (including phenoxy) is 2. The Bertz CT molecular complexity index is 1150. The third-order valence-electron chi connectivity index (χ3n) is 6.33. The standard InChI is InChI=1S/C23H24N6O4/c24-9-13-2-1-3-16-17(13)8-14(21(16)25)10-26-7-6-15-11-29(23(31)33-15)19-5-4-18-22(27-19)28-20(30)12-32-18/h1-5,14-15,21,26H,6-8,10-12,25H2,(H,27,28,30). The van der Waals surface area contributed by atoms with Crippen molar-refractivity contribution in [2.45, 2.75) is 25.0 Å². The fourth-order valence-corrected chi connectivity index (χ4v) is 4.61. The average molecular weight is 448 g/mol. The number of cyclic esters (lactones) is 1. The summed E-state index contributed by atoms with van der Waals surface area (Å²) in [5.74, 6) is 1.11. The number of hydrogen-bond acceptors (Lipinski definition) is 8. The Morgan fingerprint density at radius 2 is 2.18 bits per heavy atom. The Kier molecular flexibility index (Phi) is 5.58. The molecule has 1 fully saturated rings. The molecule has 3 heterocycles. The Morgan fingerprint density at radius 3 is 3.03 bits per heavy atom. The molecule has 0 radical (unpaired) electrons. The quantitative estimate of drug-likeness (QED) is 0.564. The van der Waals surface area contributed by atoms with Gasteiger partial charge in [-0.2, -0.15) is 5.26 Å². The molecule has 1 aliphatic carbocycles. The summed E-state index contributed by atoms with van der Waals surface area (Å²) >= 11 is 0. The molecule has 2 aromatic rings. The summed E-state index contributed by atoms with van der Waals surface area (Å²) < 4.78 is 10.8. The van der Waals surface area contributed by atoms with E-state index in [1.807, 2.05) is 18.2 Å². The normalized spacial score (nSPS) is 23.3. The summed E-state index contributed by atoms with van der Waals surface area (Å²) in [7, 11) is 0. The van der Waals surface area contributed by atoms with E-state index >= 15 is 0 Å². The van der Waals surface area contributed by atoms with Crippen LogP contribution in [0.3, 0.4) is 0 Å². The van der Waals surface area contributed by atoms with Crippen molar-refractivity contribution in [1.29, 1.82) is 5.26 Å². The van der Waals surface area contributed by atoms with Gasteiger partial charge in [-0.05, 0) is 54.6 Å². The maximum atomic E-state index is 12.4. The first kappa shape index (κ1) is 21.2. The van der Waals surface area contributed by atoms with Gasteiger partial charge in [0, 0.05) is 12.6 Å². The molecular weight excluding hydrogens is 424 g/mol. The number of nitrogens with one attached hydrogen (secondary N) is 2. The number of anilines is 2. The van der Waals surface area contributed by atoms with Crippen LogP contribution >= 0.6 is 0 Å². The molecule has 0 saturated carbocycles. The Balaban J connectivity index is 1.12. The van der Waals surface area contributed by atoms with Gasteiger partial charge in [0.15, 0.2) is 18.2 Å². The highest BCUT2D eigenvalue weighted by Crippen LogP contribution is 2.36. The largest absolute Gasteiger partial charge is 0.480 e. The number of benzene rings is 1. The van der Waals surface area contributed by atoms with Crippen molar-refractivity contribution in [3.8, 4) is 11.8 Å². The summed E-state index contributed by atoms with van der Waals surface area (Å²) in [4.78, 5) is 29.7. The molecule has 0 spiro atoms. The average Bonchev–Trinajstić information content (AvgIpc) is 3.35. The van der Waals surface area contributed by atoms with E-state index in [4.69, 9.17) is 15.2 Å². The van der Waals surface area contributed by atoms with Gasteiger partial charge in [-0.1, -0.05) is 12.1 Å². The van der Waals surface area contributed by atoms with Crippen LogP contribution in [0.15, 0.2) is 30.3 Å². The summed E-state index contributed by atoms with van der Waals surface area (Å²) in [6, 6.07) is 11.2. The third-order valence-corrected chi connectivity index (χ3v) is 6.33. The summed E-state index contributed by atoms with van der Waals surface area (Å²) in [6.07, 6.45) is 0.691. The third kappa shape index (κ3) is 4.08. The molecule has 4 N–H and O–H groups in total. The van der Waals surface area contributed by atoms with E-state index < -0.39 is 6.09 Å². The van der Waals surface area contributed by atoms with Crippen molar-refractivity contribution in [2.75, 3.05) is 36.5 Å². The highest BCUT2D eigenvalue weighted by molar-refractivity contribution is 5.95. The second-order valence-electron chi connectivity index (χ2n) is 8.44. The van der Waals surface area contributed by atoms with Gasteiger partial charge < -0.3 is 25.8 Å². The van der Waals surface area contributed by atoms with Crippen LogP contribution in [0, 0.1) is 17.2 Å². The minimum absolute atomic E-state index is 0.0494. The number of fused-ring (bicyclic) bond motifs is 2. The van der Waals surface area contributed by atoms with Crippen molar-refractivity contribution in [3.63, 3.8) is 0 Å². The lowest BCUT2D eigenvalue weighted by molar-refractivity contribution is -0.118. The van der Waals surface area contributed by atoms with Gasteiger partial charge in [0.25, 0.3) is 5.91 Å². The number of rotatable bonds is 6. The molecule has 3 aliphatic rings. The van der Waals surface area contributed by atoms with Crippen LogP contribution in [0.2, 0.25) is 0 Å². The predicted octanol–water partition coefficient (Wildman–Crippen LogP) is 1.46. The number of nitriles is 1. The van der Waals surface area contributed by atoms with Crippen molar-refractivity contribution in [3.05, 3.63) is 47.0 Å². The monoisotopic (exact) mass is 448 g/mol. The van der Waals surface area contributed by atoms with Crippen LogP contribution in [0.25, 0.3) is 0 Å². The number of nitrogens with zero attached hydrogens (tertiary/aromatic N) is 3. The number of aromatic nitrogens is 1. The fraction of sp³-hybridized carbons (Fsp3) is 0.391. The first-order valence-corrected chi connectivity index (χ1v) is 10.9. The molecule has 170 valence electrons. The number of nitrogens with two attached hydrogens (primary N) is 1. The van der Waals surface area contributed by atoms with Gasteiger partial charge in [0.05, 0.1) is 18.2 Å². The van der Waals surface area contributed by atoms with Crippen molar-refractivity contribution in [2.24, 2.45) is 11.7 Å². The fourth-order valence-electron chi connectivity index (χ4n) is 4.61. The van der Waals surface area contributed by atoms with Crippen LogP contribution in [0.5, 0.6) is 5.75 Å². The number of carbonyl (C=O) groups excluding carboxylic acids is 2. The van der Waals surface area contributed by atoms with Crippen molar-refractivity contribution < 1.29 is 19.1 Å². The van der Waals surface area contributed by atoms with Crippen molar-refractivity contribution in [1.82, 2.24) is 10.3 Å². The Morgan fingerprint density at radius 1 is 1.30 bits per heavy atom. The molecule has 2 aliphatic heterocycles. The van der Waals surface area contributed by atoms with Crippen molar-refractivity contribution >= 4 is 23.6 Å². The predicted molar refractivity (Wildman–Crippen MR) is 119 cm³/mol. The molecular formula is C23H24N6O4. The summed E-state index contributed by atoms with van der Waals surface area (Å²) in [5, 5.41) is 15.4. The van der Waals surface area contributed by atoms with Gasteiger partial charge in [0.1, 0.15) is 11.9 Å². The van der Waals surface area contributed by atoms with E-state index in [2.05, 4.69) is 21.7 Å². The number of hydrogen-bond donors (Lipinski definition) is 3. The molecule has 0 bridgehead atoms. The summed E-state index contributed by atoms with van der Waals surface area (Å²) in [6.45, 7) is 1.71. The number of pyridine rings is 1. The van der Waals surface area contributed by atoms with Crippen LogP contribution < -0.4 is 26.0 Å². The molecule has 5 rings (SSSR count). The first-order valence-electron chi connectivity index (χ1n) is 10.9. The van der Waals surface area contributed by atoms with Crippen LogP contribution in [0.1, 0.15) is 29.2 Å². The van der Waals surface area contributed by atoms with Crippen LogP contribution in [0.4, 0.5) is 16.4 Å². The van der Waals surface area contributed by atoms with E-state index in [0.717, 1.165) is 24.1 Å². The lowest BCUT2D eigenvalue weighted by Crippen LogP contribution is -2.32. The van der Waals surface area contributed by atoms with Crippen LogP contribution in [-0.4, -0.2) is 49.3 Å². The second-order valence-corrected chi connectivity index (χ2v) is 8.44. The maximum Gasteiger partial charge on any atom is 0.415 e. The number of amides is 2. The van der Waals surface area contributed by atoms with E-state index in [-0.39, 0.29) is 30.6 Å². The van der Waals surface area contributed by atoms with Gasteiger partial charge >= 0.3 is 6.09 Å². The summed E-state index contributed by atoms with van der Waals surface area (Å²) in [5.41, 5.74) is 9.22. The van der Waals surface area contributed by atoms with Gasteiger partial charge in [-0.3, -0.25) is 9.69 Å². The van der Waals surface area contributed by atoms with E-state index in [1.165, 1.54) is 4.90 Å². The lowest BCUT2D eigenvalue weighted by Gasteiger charge is -2.19. The van der Waals surface area contributed by atoms with E-state index in [9.17, 15) is 14.9 Å². The lowest BCUT2D eigenvalue weighted by atomic mass is 10.0. The number of carbonyl (C=O) groups is 2. The maximum absolute atomic E-state index is 12.4. The second kappa shape index (κ2) is 8.69. The van der Waals surface area contributed by atoms with Gasteiger partial charge in [0.2, 0.25) is 0 Å². The molecule has 3 unspecified atom stereocenters. The highest BCUT2D eigenvalue weighted by Gasteiger charge is 2.34. The molecule has 1 aromatic heterocycles. The topological polar surface area (TPSA) is 143 Å². The smallest absolute Gasteiger partial charge is 0.415 e.